The van der Waals surface area contributed by atoms with Crippen LogP contribution in [0.4, 0.5) is 0 Å². The van der Waals surface area contributed by atoms with Crippen molar-refractivity contribution in [2.75, 3.05) is 0 Å². The highest BCUT2D eigenvalue weighted by molar-refractivity contribution is 5.95. The molecule has 3 fully saturated rings. The average molecular weight is 668 g/mol. The largest absolute Gasteiger partial charge is 0.369 e. The van der Waals surface area contributed by atoms with E-state index in [9.17, 15) is 4.79 Å². The fourth-order valence-corrected chi connectivity index (χ4v) is 15.8. The first-order valence-corrected chi connectivity index (χ1v) is 20.4. The Bertz CT molecular complexity index is 1750. The molecule has 8 rings (SSSR count). The number of benzene rings is 1. The molecule has 3 nitrogen and oxygen atoms in total. The molecule has 0 spiro atoms. The number of ether oxygens (including phenoxy) is 1. The molecule has 4 aliphatic carbocycles. The molecule has 270 valence electrons. The van der Waals surface area contributed by atoms with Gasteiger partial charge in [0.15, 0.2) is 0 Å². The molecule has 6 aliphatic rings. The maximum absolute atomic E-state index is 12.2. The molecule has 1 aromatic carbocycles. The first kappa shape index (κ1) is 34.5. The second kappa shape index (κ2) is 9.87. The number of fused-ring (bicyclic) bond motifs is 11. The summed E-state index contributed by atoms with van der Waals surface area (Å²) in [5.74, 6) is 3.45. The minimum Gasteiger partial charge on any atom is -0.369 e. The summed E-state index contributed by atoms with van der Waals surface area (Å²) >= 11 is 0. The topological polar surface area (TPSA) is 31.2 Å². The Labute approximate surface area is 299 Å². The van der Waals surface area contributed by atoms with E-state index in [1.807, 2.05) is 0 Å². The van der Waals surface area contributed by atoms with E-state index >= 15 is 0 Å². The molecule has 3 heteroatoms. The molecular weight excluding hydrogens is 599 g/mol. The zero-order valence-electron chi connectivity index (χ0n) is 34.0. The fourth-order valence-electron chi connectivity index (χ4n) is 15.8. The van der Waals surface area contributed by atoms with Gasteiger partial charge in [0.2, 0.25) is 0 Å². The van der Waals surface area contributed by atoms with Crippen molar-refractivity contribution in [1.82, 2.24) is 4.57 Å². The van der Waals surface area contributed by atoms with Crippen LogP contribution in [0.15, 0.2) is 6.07 Å². The highest BCUT2D eigenvalue weighted by Crippen LogP contribution is 2.75. The second-order valence-electron chi connectivity index (χ2n) is 22.1. The molecule has 2 aromatic rings. The summed E-state index contributed by atoms with van der Waals surface area (Å²) in [5.41, 5.74) is 10.5. The van der Waals surface area contributed by atoms with E-state index in [0.29, 0.717) is 41.5 Å². The highest BCUT2D eigenvalue weighted by Gasteiger charge is 2.69. The quantitative estimate of drug-likeness (QED) is 0.304. The molecule has 2 aliphatic heterocycles. The van der Waals surface area contributed by atoms with Crippen molar-refractivity contribution in [3.8, 4) is 0 Å². The van der Waals surface area contributed by atoms with Gasteiger partial charge in [-0.25, -0.2) is 0 Å². The van der Waals surface area contributed by atoms with E-state index in [0.717, 1.165) is 12.8 Å². The van der Waals surface area contributed by atoms with Gasteiger partial charge in [0.05, 0.1) is 16.7 Å². The molecule has 1 saturated heterocycles. The van der Waals surface area contributed by atoms with Crippen molar-refractivity contribution in [3.63, 3.8) is 0 Å². The van der Waals surface area contributed by atoms with Gasteiger partial charge in [-0.3, -0.25) is 0 Å². The first-order chi connectivity index (χ1) is 22.5. The SMILES string of the molecule is CC(C=O)CC1(C)C2CCC3Cc4c(n5c6c(c7c(cc46)C4CC(C)(C)OC(C)(C)C4C7C)C(C)(C)C5C(C)C)C3(C)C2(C)CCC1(C)C. The summed E-state index contributed by atoms with van der Waals surface area (Å²) in [4.78, 5) is 12.2. The van der Waals surface area contributed by atoms with Crippen LogP contribution in [0.5, 0.6) is 0 Å². The van der Waals surface area contributed by atoms with Gasteiger partial charge in [0, 0.05) is 39.8 Å². The Morgan fingerprint density at radius 2 is 1.63 bits per heavy atom. The van der Waals surface area contributed by atoms with Crippen LogP contribution in [0.1, 0.15) is 188 Å². The third kappa shape index (κ3) is 3.94. The minimum atomic E-state index is -0.158. The van der Waals surface area contributed by atoms with E-state index in [4.69, 9.17) is 4.74 Å². The van der Waals surface area contributed by atoms with Crippen molar-refractivity contribution in [1.29, 1.82) is 0 Å². The standard InChI is InChI=1S/C46H69NO2/c1-25(2)38-42(9,10)36-34-27(4)35-32(23-41(7,8)49-43(35,11)12)29(34)21-30-31-20-28-16-17-33-44(13,46(28,15)39(31)47(38)37(30)36)19-18-40(5,6)45(33,14)22-26(3)24-48/h21,24-28,32-33,35,38H,16-20,22-23H2,1-15H3. The maximum Gasteiger partial charge on any atom is 0.122 e. The average Bonchev–Trinajstić information content (AvgIpc) is 3.62. The lowest BCUT2D eigenvalue weighted by atomic mass is 9.36. The Morgan fingerprint density at radius 1 is 0.959 bits per heavy atom. The lowest BCUT2D eigenvalue weighted by Gasteiger charge is -2.68. The molecule has 0 amide bonds. The number of hydrogen-bond acceptors (Lipinski definition) is 2. The fraction of sp³-hybridized carbons (Fsp3) is 0.804. The smallest absolute Gasteiger partial charge is 0.122 e. The molecule has 10 atom stereocenters. The van der Waals surface area contributed by atoms with Crippen LogP contribution in [0.25, 0.3) is 10.9 Å². The van der Waals surface area contributed by atoms with Crippen molar-refractivity contribution < 1.29 is 9.53 Å². The van der Waals surface area contributed by atoms with Crippen LogP contribution in [0.3, 0.4) is 0 Å². The van der Waals surface area contributed by atoms with Gasteiger partial charge in [-0.15, -0.1) is 0 Å². The summed E-state index contributed by atoms with van der Waals surface area (Å²) in [6, 6.07) is 3.21. The molecular formula is C46H69NO2. The minimum absolute atomic E-state index is 0.0519. The third-order valence-corrected chi connectivity index (χ3v) is 17.7. The predicted octanol–water partition coefficient (Wildman–Crippen LogP) is 11.8. The van der Waals surface area contributed by atoms with Crippen LogP contribution in [-0.4, -0.2) is 22.1 Å². The number of aldehydes is 1. The molecule has 0 bridgehead atoms. The number of hydrogen-bond donors (Lipinski definition) is 0. The Kier molecular flexibility index (Phi) is 6.95. The molecule has 49 heavy (non-hydrogen) atoms. The van der Waals surface area contributed by atoms with Crippen molar-refractivity contribution >= 4 is 17.2 Å². The van der Waals surface area contributed by atoms with E-state index < -0.39 is 0 Å². The molecule has 1 aromatic heterocycles. The Morgan fingerprint density at radius 3 is 2.27 bits per heavy atom. The Hall–Kier alpha value is -1.61. The van der Waals surface area contributed by atoms with Crippen molar-refractivity contribution in [2.24, 2.45) is 45.8 Å². The number of carbonyl (C=O) groups is 1. The second-order valence-corrected chi connectivity index (χ2v) is 22.1. The Balaban J connectivity index is 1.40. The summed E-state index contributed by atoms with van der Waals surface area (Å²) in [5, 5.41) is 1.61. The maximum atomic E-state index is 12.2. The van der Waals surface area contributed by atoms with Gasteiger partial charge in [-0.1, -0.05) is 76.2 Å². The van der Waals surface area contributed by atoms with Crippen LogP contribution < -0.4 is 0 Å². The van der Waals surface area contributed by atoms with Crippen LogP contribution in [0, 0.1) is 45.8 Å². The van der Waals surface area contributed by atoms with Crippen molar-refractivity contribution in [3.05, 3.63) is 34.0 Å². The zero-order valence-corrected chi connectivity index (χ0v) is 34.0. The molecule has 10 unspecified atom stereocenters. The molecule has 3 heterocycles. The number of aromatic nitrogens is 1. The van der Waals surface area contributed by atoms with Gasteiger partial charge >= 0.3 is 0 Å². The predicted molar refractivity (Wildman–Crippen MR) is 204 cm³/mol. The monoisotopic (exact) mass is 668 g/mol. The molecule has 2 saturated carbocycles. The number of nitrogens with zero attached hydrogens (tertiary/aromatic N) is 1. The first-order valence-electron chi connectivity index (χ1n) is 20.4. The highest BCUT2D eigenvalue weighted by atomic mass is 16.5. The van der Waals surface area contributed by atoms with Crippen LogP contribution in [0.2, 0.25) is 0 Å². The van der Waals surface area contributed by atoms with E-state index in [1.54, 1.807) is 38.9 Å². The van der Waals surface area contributed by atoms with Gasteiger partial charge in [0.1, 0.15) is 6.29 Å². The van der Waals surface area contributed by atoms with E-state index in [-0.39, 0.29) is 44.2 Å². The van der Waals surface area contributed by atoms with Crippen LogP contribution in [-0.2, 0) is 26.8 Å². The lowest BCUT2D eigenvalue weighted by molar-refractivity contribution is -0.193. The van der Waals surface area contributed by atoms with E-state index in [1.165, 1.54) is 38.4 Å². The third-order valence-electron chi connectivity index (χ3n) is 17.7. The lowest BCUT2D eigenvalue weighted by Crippen LogP contribution is -2.63. The van der Waals surface area contributed by atoms with Gasteiger partial charge in [-0.05, 0) is 147 Å². The normalized spacial score (nSPS) is 42.4. The summed E-state index contributed by atoms with van der Waals surface area (Å²) in [7, 11) is 0. The summed E-state index contributed by atoms with van der Waals surface area (Å²) < 4.78 is 9.92. The summed E-state index contributed by atoms with van der Waals surface area (Å²) in [6.07, 6.45) is 9.72. The van der Waals surface area contributed by atoms with Gasteiger partial charge < -0.3 is 14.1 Å². The summed E-state index contributed by atoms with van der Waals surface area (Å²) in [6.45, 7) is 37.5. The van der Waals surface area contributed by atoms with E-state index in [2.05, 4.69) is 114 Å². The molecule has 0 radical (unpaired) electrons. The molecule has 0 N–H and O–H groups in total. The zero-order chi connectivity index (χ0) is 35.8. The van der Waals surface area contributed by atoms with Crippen molar-refractivity contribution in [2.45, 2.75) is 189 Å². The van der Waals surface area contributed by atoms with Gasteiger partial charge in [-0.2, -0.15) is 0 Å². The van der Waals surface area contributed by atoms with Crippen LogP contribution >= 0.6 is 0 Å². The number of rotatable bonds is 4. The number of carbonyl (C=O) groups excluding carboxylic acids is 1. The van der Waals surface area contributed by atoms with Gasteiger partial charge in [0.25, 0.3) is 0 Å².